The third-order valence-electron chi connectivity index (χ3n) is 3.35. The number of urea groups is 1. The van der Waals surface area contributed by atoms with Crippen LogP contribution in [0.3, 0.4) is 0 Å². The molecule has 1 aliphatic heterocycles. The summed E-state index contributed by atoms with van der Waals surface area (Å²) >= 11 is 0. The first-order valence-corrected chi connectivity index (χ1v) is 6.24. The number of nitrogens with one attached hydrogen (secondary N) is 1. The second kappa shape index (κ2) is 5.29. The Morgan fingerprint density at radius 3 is 2.72 bits per heavy atom. The highest BCUT2D eigenvalue weighted by atomic mass is 16.5. The molecule has 0 saturated carbocycles. The Labute approximate surface area is 107 Å². The summed E-state index contributed by atoms with van der Waals surface area (Å²) in [7, 11) is 3.35. The van der Waals surface area contributed by atoms with Crippen molar-refractivity contribution in [2.45, 2.75) is 19.8 Å². The monoisotopic (exact) mass is 252 g/mol. The zero-order chi connectivity index (χ0) is 13.1. The number of aromatic nitrogens is 2. The molecule has 0 unspecified atom stereocenters. The van der Waals surface area contributed by atoms with Crippen molar-refractivity contribution in [2.24, 2.45) is 13.0 Å². The van der Waals surface area contributed by atoms with E-state index in [-0.39, 0.29) is 6.03 Å². The molecule has 1 aromatic heterocycles. The van der Waals surface area contributed by atoms with Crippen molar-refractivity contribution in [2.75, 3.05) is 25.5 Å². The van der Waals surface area contributed by atoms with Crippen molar-refractivity contribution in [3.63, 3.8) is 0 Å². The fourth-order valence-electron chi connectivity index (χ4n) is 2.10. The number of hydrogen-bond acceptors (Lipinski definition) is 3. The van der Waals surface area contributed by atoms with Gasteiger partial charge in [-0.05, 0) is 18.8 Å². The van der Waals surface area contributed by atoms with Crippen LogP contribution in [0.25, 0.3) is 0 Å². The van der Waals surface area contributed by atoms with Crippen molar-refractivity contribution >= 4 is 11.8 Å². The van der Waals surface area contributed by atoms with E-state index in [1.54, 1.807) is 24.9 Å². The van der Waals surface area contributed by atoms with Crippen LogP contribution >= 0.6 is 0 Å². The summed E-state index contributed by atoms with van der Waals surface area (Å²) in [6.45, 7) is 3.85. The lowest BCUT2D eigenvalue weighted by Gasteiger charge is -2.29. The Kier molecular flexibility index (Phi) is 3.74. The number of likely N-dealkylation sites (tertiary alicyclic amines) is 1. The molecule has 1 aliphatic rings. The molecular formula is C12H20N4O2. The van der Waals surface area contributed by atoms with Crippen LogP contribution in [0, 0.1) is 5.92 Å². The molecule has 1 N–H and O–H groups in total. The number of hydrogen-bond donors (Lipinski definition) is 1. The summed E-state index contributed by atoms with van der Waals surface area (Å²) in [4.78, 5) is 13.8. The second-order valence-corrected chi connectivity index (χ2v) is 4.80. The van der Waals surface area contributed by atoms with E-state index in [0.717, 1.165) is 25.9 Å². The molecular weight excluding hydrogens is 232 g/mol. The van der Waals surface area contributed by atoms with Gasteiger partial charge in [0, 0.05) is 26.2 Å². The fraction of sp³-hybridized carbons (Fsp3) is 0.667. The summed E-state index contributed by atoms with van der Waals surface area (Å²) in [6, 6.07) is 1.63. The number of anilines is 1. The molecule has 2 amide bonds. The van der Waals surface area contributed by atoms with Crippen LogP contribution in [-0.2, 0) is 7.05 Å². The quantitative estimate of drug-likeness (QED) is 0.871. The topological polar surface area (TPSA) is 59.4 Å². The Bertz CT molecular complexity index is 422. The Hall–Kier alpha value is -1.72. The van der Waals surface area contributed by atoms with Crippen LogP contribution < -0.4 is 10.1 Å². The van der Waals surface area contributed by atoms with Gasteiger partial charge in [-0.15, -0.1) is 0 Å². The predicted molar refractivity (Wildman–Crippen MR) is 68.7 cm³/mol. The largest absolute Gasteiger partial charge is 0.481 e. The Balaban J connectivity index is 1.94. The number of carbonyl (C=O) groups excluding carboxylic acids is 1. The molecule has 6 nitrogen and oxygen atoms in total. The third-order valence-corrected chi connectivity index (χ3v) is 3.35. The third kappa shape index (κ3) is 2.75. The maximum Gasteiger partial charge on any atom is 0.323 e. The maximum atomic E-state index is 12.0. The highest BCUT2D eigenvalue weighted by Gasteiger charge is 2.21. The second-order valence-electron chi connectivity index (χ2n) is 4.80. The lowest BCUT2D eigenvalue weighted by atomic mass is 10.00. The van der Waals surface area contributed by atoms with Gasteiger partial charge in [0.25, 0.3) is 0 Å². The Morgan fingerprint density at radius 1 is 1.50 bits per heavy atom. The van der Waals surface area contributed by atoms with E-state index in [4.69, 9.17) is 4.74 Å². The fourth-order valence-corrected chi connectivity index (χ4v) is 2.10. The van der Waals surface area contributed by atoms with Gasteiger partial charge in [-0.2, -0.15) is 5.10 Å². The van der Waals surface area contributed by atoms with Crippen molar-refractivity contribution in [1.29, 1.82) is 0 Å². The molecule has 0 radical (unpaired) electrons. The van der Waals surface area contributed by atoms with E-state index in [1.807, 2.05) is 4.90 Å². The van der Waals surface area contributed by atoms with E-state index < -0.39 is 0 Å². The van der Waals surface area contributed by atoms with E-state index in [9.17, 15) is 4.79 Å². The molecule has 0 bridgehead atoms. The van der Waals surface area contributed by atoms with Crippen LogP contribution in [0.4, 0.5) is 10.6 Å². The SMILES string of the molecule is COc1cc(NC(=O)N2CCC(C)CC2)nn1C. The smallest absolute Gasteiger partial charge is 0.323 e. The minimum absolute atomic E-state index is 0.0809. The lowest BCUT2D eigenvalue weighted by Crippen LogP contribution is -2.40. The summed E-state index contributed by atoms with van der Waals surface area (Å²) in [5.41, 5.74) is 0. The molecule has 1 aromatic rings. The Morgan fingerprint density at radius 2 is 2.17 bits per heavy atom. The van der Waals surface area contributed by atoms with Crippen LogP contribution in [0.1, 0.15) is 19.8 Å². The molecule has 0 spiro atoms. The number of ether oxygens (including phenoxy) is 1. The average molecular weight is 252 g/mol. The number of amides is 2. The van der Waals surface area contributed by atoms with Crippen LogP contribution in [-0.4, -0.2) is 40.9 Å². The molecule has 6 heteroatoms. The number of aryl methyl sites for hydroxylation is 1. The van der Waals surface area contributed by atoms with E-state index in [1.165, 1.54) is 0 Å². The number of carbonyl (C=O) groups is 1. The van der Waals surface area contributed by atoms with Crippen LogP contribution in [0.2, 0.25) is 0 Å². The summed E-state index contributed by atoms with van der Waals surface area (Å²) < 4.78 is 6.69. The number of methoxy groups -OCH3 is 1. The van der Waals surface area contributed by atoms with E-state index >= 15 is 0 Å². The van der Waals surface area contributed by atoms with Crippen molar-refractivity contribution < 1.29 is 9.53 Å². The normalized spacial score (nSPS) is 16.7. The first-order valence-electron chi connectivity index (χ1n) is 6.24. The van der Waals surface area contributed by atoms with Crippen LogP contribution in [0.5, 0.6) is 5.88 Å². The van der Waals surface area contributed by atoms with Crippen molar-refractivity contribution in [3.8, 4) is 5.88 Å². The molecule has 1 saturated heterocycles. The minimum atomic E-state index is -0.0809. The van der Waals surface area contributed by atoms with Gasteiger partial charge in [-0.3, -0.25) is 5.32 Å². The van der Waals surface area contributed by atoms with Gasteiger partial charge in [0.05, 0.1) is 7.11 Å². The predicted octanol–water partition coefficient (Wildman–Crippen LogP) is 1.69. The number of rotatable bonds is 2. The highest BCUT2D eigenvalue weighted by molar-refractivity contribution is 5.88. The molecule has 1 fully saturated rings. The van der Waals surface area contributed by atoms with Gasteiger partial charge in [0.1, 0.15) is 0 Å². The van der Waals surface area contributed by atoms with Gasteiger partial charge in [-0.1, -0.05) is 6.92 Å². The van der Waals surface area contributed by atoms with Gasteiger partial charge < -0.3 is 9.64 Å². The van der Waals surface area contributed by atoms with Gasteiger partial charge in [-0.25, -0.2) is 9.48 Å². The van der Waals surface area contributed by atoms with Crippen molar-refractivity contribution in [3.05, 3.63) is 6.07 Å². The highest BCUT2D eigenvalue weighted by Crippen LogP contribution is 2.18. The van der Waals surface area contributed by atoms with Gasteiger partial charge >= 0.3 is 6.03 Å². The summed E-state index contributed by atoms with van der Waals surface area (Å²) in [6.07, 6.45) is 2.14. The van der Waals surface area contributed by atoms with Gasteiger partial charge in [0.15, 0.2) is 5.82 Å². The van der Waals surface area contributed by atoms with Gasteiger partial charge in [0.2, 0.25) is 5.88 Å². The molecule has 18 heavy (non-hydrogen) atoms. The minimum Gasteiger partial charge on any atom is -0.481 e. The lowest BCUT2D eigenvalue weighted by molar-refractivity contribution is 0.186. The molecule has 2 heterocycles. The molecule has 2 rings (SSSR count). The first-order chi connectivity index (χ1) is 8.60. The standard InChI is InChI=1S/C12H20N4O2/c1-9-4-6-16(7-5-9)12(17)13-10-8-11(18-3)15(2)14-10/h8-9H,4-7H2,1-3H3,(H,13,14,17). The first kappa shape index (κ1) is 12.7. The maximum absolute atomic E-state index is 12.0. The number of piperidine rings is 1. The van der Waals surface area contributed by atoms with E-state index in [2.05, 4.69) is 17.3 Å². The molecule has 0 aromatic carbocycles. The molecule has 0 atom stereocenters. The summed E-state index contributed by atoms with van der Waals surface area (Å²) in [5.74, 6) is 1.86. The molecule has 100 valence electrons. The zero-order valence-electron chi connectivity index (χ0n) is 11.1. The van der Waals surface area contributed by atoms with Crippen LogP contribution in [0.15, 0.2) is 6.07 Å². The average Bonchev–Trinajstić information content (AvgIpc) is 2.70. The molecule has 0 aliphatic carbocycles. The zero-order valence-corrected chi connectivity index (χ0v) is 11.1. The summed E-state index contributed by atoms with van der Waals surface area (Å²) in [5, 5.41) is 6.96. The number of nitrogens with zero attached hydrogens (tertiary/aromatic N) is 3. The van der Waals surface area contributed by atoms with E-state index in [0.29, 0.717) is 17.6 Å². The van der Waals surface area contributed by atoms with Crippen molar-refractivity contribution in [1.82, 2.24) is 14.7 Å².